The van der Waals surface area contributed by atoms with Gasteiger partial charge in [-0.2, -0.15) is 0 Å². The first-order valence-corrected chi connectivity index (χ1v) is 5.21. The van der Waals surface area contributed by atoms with Crippen LogP contribution in [-0.2, 0) is 0 Å². The van der Waals surface area contributed by atoms with E-state index in [0.717, 1.165) is 19.3 Å². The lowest BCUT2D eigenvalue weighted by Gasteiger charge is -2.05. The van der Waals surface area contributed by atoms with E-state index in [9.17, 15) is 0 Å². The molecule has 0 N–H and O–H groups in total. The molecule has 0 heterocycles. The molecule has 0 aliphatic heterocycles. The van der Waals surface area contributed by atoms with Gasteiger partial charge in [0.15, 0.2) is 0 Å². The number of rotatable bonds is 5. The summed E-state index contributed by atoms with van der Waals surface area (Å²) in [5.41, 5.74) is 4.30. The highest BCUT2D eigenvalue weighted by Crippen LogP contribution is 2.16. The SMILES string of the molecule is C=C/C(=C\C(CC)=C(/C)CC)CC. The molecule has 13 heavy (non-hydrogen) atoms. The van der Waals surface area contributed by atoms with E-state index < -0.39 is 0 Å². The summed E-state index contributed by atoms with van der Waals surface area (Å²) in [5, 5.41) is 0. The molecule has 0 aliphatic carbocycles. The van der Waals surface area contributed by atoms with Gasteiger partial charge in [-0.1, -0.05) is 45.1 Å². The van der Waals surface area contributed by atoms with Crippen molar-refractivity contribution in [1.29, 1.82) is 0 Å². The highest BCUT2D eigenvalue weighted by molar-refractivity contribution is 5.31. The third-order valence-electron chi connectivity index (χ3n) is 2.49. The third-order valence-corrected chi connectivity index (χ3v) is 2.49. The summed E-state index contributed by atoms with van der Waals surface area (Å²) in [5.74, 6) is 0. The van der Waals surface area contributed by atoms with Crippen LogP contribution in [-0.4, -0.2) is 0 Å². The summed E-state index contributed by atoms with van der Waals surface area (Å²) in [4.78, 5) is 0. The third kappa shape index (κ3) is 4.12. The van der Waals surface area contributed by atoms with E-state index >= 15 is 0 Å². The molecule has 0 aromatic carbocycles. The first kappa shape index (κ1) is 12.2. The Morgan fingerprint density at radius 1 is 1.08 bits per heavy atom. The van der Waals surface area contributed by atoms with Gasteiger partial charge in [0.1, 0.15) is 0 Å². The molecule has 74 valence electrons. The molecule has 0 unspecified atom stereocenters. The van der Waals surface area contributed by atoms with E-state index in [0.29, 0.717) is 0 Å². The molecule has 0 radical (unpaired) electrons. The van der Waals surface area contributed by atoms with Crippen LogP contribution in [0.3, 0.4) is 0 Å². The van der Waals surface area contributed by atoms with Crippen LogP contribution in [0.2, 0.25) is 0 Å². The fraction of sp³-hybridized carbons (Fsp3) is 0.538. The minimum atomic E-state index is 1.07. The quantitative estimate of drug-likeness (QED) is 0.538. The van der Waals surface area contributed by atoms with Gasteiger partial charge < -0.3 is 0 Å². The van der Waals surface area contributed by atoms with Crippen LogP contribution in [0.5, 0.6) is 0 Å². The monoisotopic (exact) mass is 178 g/mol. The first-order valence-electron chi connectivity index (χ1n) is 5.21. The van der Waals surface area contributed by atoms with Crippen molar-refractivity contribution in [3.8, 4) is 0 Å². The summed E-state index contributed by atoms with van der Waals surface area (Å²) in [7, 11) is 0. The molecule has 0 saturated carbocycles. The Morgan fingerprint density at radius 3 is 2.00 bits per heavy atom. The van der Waals surface area contributed by atoms with Crippen molar-refractivity contribution < 1.29 is 0 Å². The molecule has 0 rings (SSSR count). The largest absolute Gasteiger partial charge is 0.0988 e. The van der Waals surface area contributed by atoms with Crippen LogP contribution in [0, 0.1) is 0 Å². The zero-order valence-corrected chi connectivity index (χ0v) is 9.48. The first-order chi connectivity index (χ1) is 6.19. The summed E-state index contributed by atoms with van der Waals surface area (Å²) < 4.78 is 0. The van der Waals surface area contributed by atoms with Crippen LogP contribution < -0.4 is 0 Å². The Balaban J connectivity index is 4.79. The minimum Gasteiger partial charge on any atom is -0.0988 e. The second-order valence-corrected chi connectivity index (χ2v) is 3.29. The number of allylic oxidation sites excluding steroid dienone is 5. The Labute approximate surface area is 83.0 Å². The molecular weight excluding hydrogens is 156 g/mol. The Bertz CT molecular complexity index is 214. The fourth-order valence-corrected chi connectivity index (χ4v) is 1.28. The molecule has 0 spiro atoms. The molecule has 0 aromatic heterocycles. The average Bonchev–Trinajstić information content (AvgIpc) is 2.19. The van der Waals surface area contributed by atoms with Gasteiger partial charge in [0.25, 0.3) is 0 Å². The summed E-state index contributed by atoms with van der Waals surface area (Å²) in [6.45, 7) is 12.6. The van der Waals surface area contributed by atoms with Crippen LogP contribution in [0.1, 0.15) is 47.0 Å². The second kappa shape index (κ2) is 6.71. The lowest BCUT2D eigenvalue weighted by Crippen LogP contribution is -1.85. The minimum absolute atomic E-state index is 1.07. The molecule has 0 bridgehead atoms. The van der Waals surface area contributed by atoms with E-state index in [1.165, 1.54) is 16.7 Å². The van der Waals surface area contributed by atoms with Gasteiger partial charge in [-0.05, 0) is 37.3 Å². The smallest absolute Gasteiger partial charge is 0.0308 e. The predicted octanol–water partition coefficient (Wildman–Crippen LogP) is 4.65. The molecule has 0 aromatic rings. The normalized spacial score (nSPS) is 14.0. The molecule has 0 amide bonds. The van der Waals surface area contributed by atoms with Crippen molar-refractivity contribution in [1.82, 2.24) is 0 Å². The van der Waals surface area contributed by atoms with Crippen LogP contribution in [0.25, 0.3) is 0 Å². The van der Waals surface area contributed by atoms with Crippen LogP contribution >= 0.6 is 0 Å². The number of hydrogen-bond donors (Lipinski definition) is 0. The van der Waals surface area contributed by atoms with Crippen LogP contribution in [0.4, 0.5) is 0 Å². The van der Waals surface area contributed by atoms with E-state index in [1.54, 1.807) is 0 Å². The lowest BCUT2D eigenvalue weighted by molar-refractivity contribution is 1.01. The zero-order chi connectivity index (χ0) is 10.3. The van der Waals surface area contributed by atoms with Gasteiger partial charge in [0.05, 0.1) is 0 Å². The highest BCUT2D eigenvalue weighted by atomic mass is 14.0. The van der Waals surface area contributed by atoms with Crippen molar-refractivity contribution in [2.75, 3.05) is 0 Å². The van der Waals surface area contributed by atoms with E-state index in [-0.39, 0.29) is 0 Å². The second-order valence-electron chi connectivity index (χ2n) is 3.29. The van der Waals surface area contributed by atoms with Crippen molar-refractivity contribution in [3.05, 3.63) is 35.5 Å². The standard InChI is InChI=1S/C13H22/c1-6-11(5)13(9-4)10-12(7-2)8-3/h7,10H,2,6,8-9H2,1,3-5H3/b12-10+,13-11+. The topological polar surface area (TPSA) is 0 Å². The summed E-state index contributed by atoms with van der Waals surface area (Å²) >= 11 is 0. The number of hydrogen-bond acceptors (Lipinski definition) is 0. The van der Waals surface area contributed by atoms with Gasteiger partial charge in [0.2, 0.25) is 0 Å². The molecule has 0 nitrogen and oxygen atoms in total. The molecule has 0 saturated heterocycles. The van der Waals surface area contributed by atoms with Crippen molar-refractivity contribution in [3.63, 3.8) is 0 Å². The average molecular weight is 178 g/mol. The van der Waals surface area contributed by atoms with Crippen molar-refractivity contribution >= 4 is 0 Å². The van der Waals surface area contributed by atoms with Crippen LogP contribution in [0.15, 0.2) is 35.5 Å². The van der Waals surface area contributed by atoms with E-state index in [1.807, 2.05) is 6.08 Å². The van der Waals surface area contributed by atoms with E-state index in [2.05, 4.69) is 40.3 Å². The molecule has 0 fully saturated rings. The van der Waals surface area contributed by atoms with Gasteiger partial charge >= 0.3 is 0 Å². The maximum atomic E-state index is 3.81. The lowest BCUT2D eigenvalue weighted by atomic mass is 10.0. The molecule has 0 atom stereocenters. The van der Waals surface area contributed by atoms with Gasteiger partial charge in [-0.3, -0.25) is 0 Å². The molecule has 0 heteroatoms. The predicted molar refractivity (Wildman–Crippen MR) is 61.9 cm³/mol. The highest BCUT2D eigenvalue weighted by Gasteiger charge is 1.96. The van der Waals surface area contributed by atoms with E-state index in [4.69, 9.17) is 0 Å². The van der Waals surface area contributed by atoms with Gasteiger partial charge in [-0.25, -0.2) is 0 Å². The Morgan fingerprint density at radius 2 is 1.69 bits per heavy atom. The van der Waals surface area contributed by atoms with Crippen molar-refractivity contribution in [2.45, 2.75) is 47.0 Å². The van der Waals surface area contributed by atoms with Gasteiger partial charge in [0, 0.05) is 0 Å². The summed E-state index contributed by atoms with van der Waals surface area (Å²) in [6, 6.07) is 0. The fourth-order valence-electron chi connectivity index (χ4n) is 1.28. The maximum absolute atomic E-state index is 3.81. The molecular formula is C13H22. The summed E-state index contributed by atoms with van der Waals surface area (Å²) in [6.07, 6.45) is 7.58. The Kier molecular flexibility index (Phi) is 6.30. The maximum Gasteiger partial charge on any atom is -0.0308 e. The van der Waals surface area contributed by atoms with Crippen molar-refractivity contribution in [2.24, 2.45) is 0 Å². The Hall–Kier alpha value is -0.780. The zero-order valence-electron chi connectivity index (χ0n) is 9.48. The van der Waals surface area contributed by atoms with Gasteiger partial charge in [-0.15, -0.1) is 0 Å². The molecule has 0 aliphatic rings.